The number of fused-ring (bicyclic) bond motifs is 6. The average molecular weight is 1410 g/mol. The smallest absolute Gasteiger partial charge is 0.303 e. The van der Waals surface area contributed by atoms with Gasteiger partial charge in [-0.15, -0.1) is 0 Å². The SMILES string of the molecule is CC(C)CCCC(C)CCc1cc2c3cc(CCCCCCCCCCC(=O)O)cc4c5cc(CCC(C)CCCC(C)C)cc6c7cc(CCC(C)CCCC(C)C)cc8c9cc(CCC(C)CCCC(C)C)cc%10c%11cc(CCC(C)CCCC(C)C)cc%12c(c1)c2c1c(c34)c(c56)c(c78)c(c%109)c1c%12%11. The third kappa shape index (κ3) is 17.1. The minimum Gasteiger partial charge on any atom is -0.481 e. The number of aryl methyl sites for hydroxylation is 6. The fourth-order valence-corrected chi connectivity index (χ4v) is 20.3. The molecular formula is C103H138O2. The molecule has 1 N–H and O–H groups in total. The minimum absolute atomic E-state index is 0.296. The van der Waals surface area contributed by atoms with Gasteiger partial charge < -0.3 is 5.11 Å². The standard InChI is InChI=1S/C103H138O2/c1-63(2)29-24-34-68(11)41-46-74-53-81-79-51-73(39-22-20-18-16-17-19-21-23-40-91(104)105)52-80-82-54-75(47-42-69(12)35-25-30-64(3)4)56-84-86-58-77(49-44-71(14)37-27-32-66(7)8)60-88-90-62-78(50-45-72(15)38-28-33-67(9)10)61-89-87-59-76(48-43-70(13)36-26-31-65(5)6)57-85-83(55-74)93(81)99-98(92(79)80)100(94(82)84)102(96(86)88)103(97(89)90)101(99)95(85)87/h51-72H,16-50H2,1-15H3,(H,104,105). The van der Waals surface area contributed by atoms with Gasteiger partial charge in [-0.3, -0.25) is 4.79 Å². The number of unbranched alkanes of at least 4 members (excludes halogenated alkanes) is 7. The predicted octanol–water partition coefficient (Wildman–Crippen LogP) is 32.3. The molecule has 0 saturated carbocycles. The predicted molar refractivity (Wildman–Crippen MR) is 467 cm³/mol. The maximum atomic E-state index is 11.3. The highest BCUT2D eigenvalue weighted by Crippen LogP contribution is 2.61. The van der Waals surface area contributed by atoms with Crippen LogP contribution in [0.15, 0.2) is 72.8 Å². The van der Waals surface area contributed by atoms with Crippen LogP contribution in [0.4, 0.5) is 0 Å². The van der Waals surface area contributed by atoms with E-state index in [1.165, 1.54) is 291 Å². The highest BCUT2D eigenvalue weighted by atomic mass is 16.4. The summed E-state index contributed by atoms with van der Waals surface area (Å²) in [6.45, 7) is 36.8. The van der Waals surface area contributed by atoms with Crippen molar-refractivity contribution in [2.45, 2.75) is 329 Å². The third-order valence-corrected chi connectivity index (χ3v) is 26.6. The Morgan fingerprint density at radius 2 is 0.381 bits per heavy atom. The van der Waals surface area contributed by atoms with Crippen LogP contribution in [0.2, 0.25) is 0 Å². The first kappa shape index (κ1) is 77.2. The van der Waals surface area contributed by atoms with E-state index in [1.807, 2.05) is 0 Å². The number of carboxylic acids is 1. The van der Waals surface area contributed by atoms with Crippen molar-refractivity contribution in [1.29, 1.82) is 0 Å². The molecular weight excluding hydrogens is 1270 g/mol. The molecule has 0 fully saturated rings. The number of benzene rings is 13. The van der Waals surface area contributed by atoms with Gasteiger partial charge in [-0.1, -0.05) is 311 Å². The molecule has 562 valence electrons. The second kappa shape index (κ2) is 34.3. The molecule has 0 radical (unpaired) electrons. The van der Waals surface area contributed by atoms with Crippen molar-refractivity contribution in [3.63, 3.8) is 0 Å². The average Bonchev–Trinajstić information content (AvgIpc) is 0.643. The first-order chi connectivity index (χ1) is 50.6. The van der Waals surface area contributed by atoms with Crippen molar-refractivity contribution >= 4 is 135 Å². The van der Waals surface area contributed by atoms with Gasteiger partial charge in [-0.25, -0.2) is 0 Å². The second-order valence-electron chi connectivity index (χ2n) is 38.2. The fraction of sp³-hybridized carbons (Fsp3) is 0.583. The molecule has 0 aliphatic carbocycles. The summed E-state index contributed by atoms with van der Waals surface area (Å²) in [5.74, 6) is 6.47. The molecule has 0 spiro atoms. The molecule has 0 aromatic heterocycles. The van der Waals surface area contributed by atoms with Gasteiger partial charge in [0.25, 0.3) is 0 Å². The maximum Gasteiger partial charge on any atom is 0.303 e. The number of carbonyl (C=O) groups is 1. The summed E-state index contributed by atoms with van der Waals surface area (Å²) in [4.78, 5) is 11.3. The third-order valence-electron chi connectivity index (χ3n) is 26.6. The van der Waals surface area contributed by atoms with Gasteiger partial charge in [-0.05, 0) is 305 Å². The highest BCUT2D eigenvalue weighted by Gasteiger charge is 2.33. The molecule has 0 saturated heterocycles. The molecule has 105 heavy (non-hydrogen) atoms. The lowest BCUT2D eigenvalue weighted by molar-refractivity contribution is -0.137. The van der Waals surface area contributed by atoms with E-state index in [-0.39, 0.29) is 0 Å². The van der Waals surface area contributed by atoms with Gasteiger partial charge in [0.15, 0.2) is 0 Å². The maximum absolute atomic E-state index is 11.3. The van der Waals surface area contributed by atoms with E-state index in [2.05, 4.69) is 177 Å². The zero-order valence-electron chi connectivity index (χ0n) is 68.8. The Morgan fingerprint density at radius 3 is 0.562 bits per heavy atom. The van der Waals surface area contributed by atoms with Gasteiger partial charge in [-0.2, -0.15) is 0 Å². The lowest BCUT2D eigenvalue weighted by atomic mass is 9.72. The van der Waals surface area contributed by atoms with Crippen LogP contribution in [0.1, 0.15) is 323 Å². The van der Waals surface area contributed by atoms with Crippen LogP contribution in [0.3, 0.4) is 0 Å². The molecule has 0 bridgehead atoms. The van der Waals surface area contributed by atoms with Gasteiger partial charge in [0.05, 0.1) is 0 Å². The molecule has 0 aliphatic heterocycles. The molecule has 0 aliphatic rings. The van der Waals surface area contributed by atoms with E-state index in [9.17, 15) is 9.90 Å². The summed E-state index contributed by atoms with van der Waals surface area (Å²) in [5.41, 5.74) is 9.15. The van der Waals surface area contributed by atoms with Crippen LogP contribution in [0, 0.1) is 59.2 Å². The first-order valence-corrected chi connectivity index (χ1v) is 44.1. The Hall–Kier alpha value is -5.99. The van der Waals surface area contributed by atoms with Crippen LogP contribution in [0.5, 0.6) is 0 Å². The molecule has 2 nitrogen and oxygen atoms in total. The Balaban J connectivity index is 1.12. The summed E-state index contributed by atoms with van der Waals surface area (Å²) in [6.07, 6.45) is 41.8. The molecule has 13 rings (SSSR count). The highest BCUT2D eigenvalue weighted by molar-refractivity contribution is 6.61. The zero-order valence-corrected chi connectivity index (χ0v) is 68.8. The first-order valence-electron chi connectivity index (χ1n) is 44.1. The number of hydrogen-bond acceptors (Lipinski definition) is 1. The number of rotatable bonds is 46. The summed E-state index contributed by atoms with van der Waals surface area (Å²) < 4.78 is 0. The monoisotopic (exact) mass is 1410 g/mol. The van der Waals surface area contributed by atoms with E-state index >= 15 is 0 Å². The normalized spacial score (nSPS) is 14.6. The molecule has 5 atom stereocenters. The van der Waals surface area contributed by atoms with Crippen molar-refractivity contribution in [2.75, 3.05) is 0 Å². The van der Waals surface area contributed by atoms with E-state index in [1.54, 1.807) is 32.3 Å². The van der Waals surface area contributed by atoms with Crippen LogP contribution in [-0.4, -0.2) is 11.1 Å². The Kier molecular flexibility index (Phi) is 25.2. The molecule has 13 aromatic rings. The number of hydrogen-bond donors (Lipinski definition) is 1. The Morgan fingerprint density at radius 1 is 0.210 bits per heavy atom. The van der Waals surface area contributed by atoms with Gasteiger partial charge in [0, 0.05) is 6.42 Å². The van der Waals surface area contributed by atoms with E-state index in [0.29, 0.717) is 36.0 Å². The molecule has 13 aromatic carbocycles. The lowest BCUT2D eigenvalue weighted by Gasteiger charge is -2.30. The van der Waals surface area contributed by atoms with Gasteiger partial charge in [0.2, 0.25) is 0 Å². The summed E-state index contributed by atoms with van der Waals surface area (Å²) in [7, 11) is 0. The molecule has 0 heterocycles. The van der Waals surface area contributed by atoms with E-state index in [0.717, 1.165) is 87.4 Å². The fourth-order valence-electron chi connectivity index (χ4n) is 20.3. The topological polar surface area (TPSA) is 37.3 Å². The number of aliphatic carboxylic acids is 1. The molecule has 0 amide bonds. The van der Waals surface area contributed by atoms with Crippen LogP contribution in [0.25, 0.3) is 129 Å². The van der Waals surface area contributed by atoms with E-state index in [4.69, 9.17) is 0 Å². The van der Waals surface area contributed by atoms with Crippen molar-refractivity contribution in [2.24, 2.45) is 59.2 Å². The van der Waals surface area contributed by atoms with Crippen molar-refractivity contribution in [3.05, 3.63) is 106 Å². The Labute approximate surface area is 635 Å². The van der Waals surface area contributed by atoms with Crippen molar-refractivity contribution in [1.82, 2.24) is 0 Å². The van der Waals surface area contributed by atoms with Gasteiger partial charge in [0.1, 0.15) is 0 Å². The number of carboxylic acid groups (broad SMARTS) is 1. The van der Waals surface area contributed by atoms with Crippen LogP contribution in [-0.2, 0) is 43.3 Å². The lowest BCUT2D eigenvalue weighted by Crippen LogP contribution is -2.04. The summed E-state index contributed by atoms with van der Waals surface area (Å²) in [5, 5.41) is 45.8. The molecule has 2 heteroatoms. The quantitative estimate of drug-likeness (QED) is 0.0235. The van der Waals surface area contributed by atoms with Crippen molar-refractivity contribution in [3.8, 4) is 0 Å². The van der Waals surface area contributed by atoms with Crippen molar-refractivity contribution < 1.29 is 9.90 Å². The van der Waals surface area contributed by atoms with Gasteiger partial charge >= 0.3 is 5.97 Å². The summed E-state index contributed by atoms with van der Waals surface area (Å²) >= 11 is 0. The van der Waals surface area contributed by atoms with Crippen LogP contribution < -0.4 is 0 Å². The summed E-state index contributed by atoms with van der Waals surface area (Å²) in [6, 6.07) is 33.2. The van der Waals surface area contributed by atoms with E-state index < -0.39 is 5.97 Å². The Bertz CT molecular complexity index is 4680. The minimum atomic E-state index is -0.664. The van der Waals surface area contributed by atoms with Crippen LogP contribution >= 0.6 is 0 Å². The second-order valence-corrected chi connectivity index (χ2v) is 38.2. The zero-order chi connectivity index (χ0) is 73.9. The largest absolute Gasteiger partial charge is 0.481 e. The molecule has 5 unspecified atom stereocenters.